The number of likely N-dealkylation sites (tertiary alicyclic amines) is 1. The number of nitrogens with zero attached hydrogens (tertiary/aromatic N) is 1. The molecule has 0 aromatic heterocycles. The van der Waals surface area contributed by atoms with Gasteiger partial charge < -0.3 is 10.0 Å². The minimum absolute atomic E-state index is 0.0764. The number of hydrogen-bond acceptors (Lipinski definition) is 2. The van der Waals surface area contributed by atoms with Crippen LogP contribution in [0.4, 0.5) is 0 Å². The molecule has 1 saturated heterocycles. The molecule has 74 valence electrons. The van der Waals surface area contributed by atoms with Gasteiger partial charge in [-0.05, 0) is 5.92 Å². The fraction of sp³-hybridized carbons (Fsp3) is 0.778. The van der Waals surface area contributed by atoms with Crippen molar-refractivity contribution >= 4 is 11.9 Å². The van der Waals surface area contributed by atoms with Crippen LogP contribution in [-0.2, 0) is 9.59 Å². The number of amides is 1. The first-order valence-electron chi connectivity index (χ1n) is 4.51. The molecule has 0 saturated carbocycles. The summed E-state index contributed by atoms with van der Waals surface area (Å²) in [5, 5.41) is 8.58. The molecule has 4 nitrogen and oxygen atoms in total. The molecule has 1 rings (SSSR count). The first kappa shape index (κ1) is 10.0. The van der Waals surface area contributed by atoms with Gasteiger partial charge in [0.2, 0.25) is 5.91 Å². The molecule has 0 aliphatic carbocycles. The summed E-state index contributed by atoms with van der Waals surface area (Å²) in [6.45, 7) is 4.74. The predicted molar refractivity (Wildman–Crippen MR) is 47.2 cm³/mol. The van der Waals surface area contributed by atoms with Crippen molar-refractivity contribution in [2.75, 3.05) is 13.1 Å². The summed E-state index contributed by atoms with van der Waals surface area (Å²) in [5.41, 5.74) is 0. The molecule has 0 radical (unpaired) electrons. The standard InChI is InChI=1S/C9H15NO3/c1-6(2)3-8(11)10-4-7(5-10)9(12)13/h6-7H,3-5H2,1-2H3,(H,12,13). The number of hydrogen-bond donors (Lipinski definition) is 1. The maximum atomic E-state index is 11.3. The van der Waals surface area contributed by atoms with Crippen molar-refractivity contribution in [3.05, 3.63) is 0 Å². The highest BCUT2D eigenvalue weighted by Crippen LogP contribution is 2.17. The summed E-state index contributed by atoms with van der Waals surface area (Å²) in [7, 11) is 0. The zero-order valence-electron chi connectivity index (χ0n) is 7.99. The summed E-state index contributed by atoms with van der Waals surface area (Å²) in [6.07, 6.45) is 0.520. The summed E-state index contributed by atoms with van der Waals surface area (Å²) in [6, 6.07) is 0. The Labute approximate surface area is 77.5 Å². The lowest BCUT2D eigenvalue weighted by Gasteiger charge is -2.37. The van der Waals surface area contributed by atoms with Crippen molar-refractivity contribution in [2.45, 2.75) is 20.3 Å². The third-order valence-corrected chi connectivity index (χ3v) is 2.17. The van der Waals surface area contributed by atoms with Crippen molar-refractivity contribution < 1.29 is 14.7 Å². The van der Waals surface area contributed by atoms with E-state index in [1.165, 1.54) is 0 Å². The molecule has 1 aliphatic heterocycles. The molecule has 0 spiro atoms. The van der Waals surface area contributed by atoms with Crippen LogP contribution < -0.4 is 0 Å². The van der Waals surface area contributed by atoms with E-state index in [2.05, 4.69) is 0 Å². The molecule has 0 bridgehead atoms. The molecule has 13 heavy (non-hydrogen) atoms. The minimum atomic E-state index is -0.798. The van der Waals surface area contributed by atoms with Crippen LogP contribution in [0.5, 0.6) is 0 Å². The van der Waals surface area contributed by atoms with Gasteiger partial charge in [0, 0.05) is 19.5 Å². The van der Waals surface area contributed by atoms with Crippen LogP contribution in [0.15, 0.2) is 0 Å². The third kappa shape index (κ3) is 2.44. The van der Waals surface area contributed by atoms with Crippen molar-refractivity contribution in [2.24, 2.45) is 11.8 Å². The molecule has 1 N–H and O–H groups in total. The van der Waals surface area contributed by atoms with Gasteiger partial charge in [0.15, 0.2) is 0 Å². The predicted octanol–water partition coefficient (Wildman–Crippen LogP) is 0.575. The number of rotatable bonds is 3. The molecule has 0 aromatic rings. The van der Waals surface area contributed by atoms with Crippen LogP contribution >= 0.6 is 0 Å². The second-order valence-electron chi connectivity index (χ2n) is 3.93. The van der Waals surface area contributed by atoms with E-state index in [1.807, 2.05) is 13.8 Å². The molecule has 4 heteroatoms. The fourth-order valence-corrected chi connectivity index (χ4v) is 1.32. The van der Waals surface area contributed by atoms with Gasteiger partial charge in [0.05, 0.1) is 5.92 Å². The molecule has 0 aromatic carbocycles. The molecule has 0 atom stereocenters. The van der Waals surface area contributed by atoms with Crippen molar-refractivity contribution in [3.8, 4) is 0 Å². The Bertz CT molecular complexity index is 219. The van der Waals surface area contributed by atoms with Gasteiger partial charge in [0.1, 0.15) is 0 Å². The highest BCUT2D eigenvalue weighted by atomic mass is 16.4. The molecular weight excluding hydrogens is 170 g/mol. The maximum absolute atomic E-state index is 11.3. The molecule has 1 fully saturated rings. The zero-order valence-corrected chi connectivity index (χ0v) is 7.99. The first-order chi connectivity index (χ1) is 6.00. The van der Waals surface area contributed by atoms with E-state index in [0.717, 1.165) is 0 Å². The minimum Gasteiger partial charge on any atom is -0.481 e. The van der Waals surface area contributed by atoms with E-state index in [-0.39, 0.29) is 11.8 Å². The Morgan fingerprint density at radius 1 is 1.46 bits per heavy atom. The fourth-order valence-electron chi connectivity index (χ4n) is 1.32. The number of carboxylic acid groups (broad SMARTS) is 1. The number of carbonyl (C=O) groups excluding carboxylic acids is 1. The first-order valence-corrected chi connectivity index (χ1v) is 4.51. The molecule has 1 aliphatic rings. The molecular formula is C9H15NO3. The highest BCUT2D eigenvalue weighted by molar-refractivity contribution is 5.81. The zero-order chi connectivity index (χ0) is 10.0. The van der Waals surface area contributed by atoms with Gasteiger partial charge in [-0.25, -0.2) is 0 Å². The summed E-state index contributed by atoms with van der Waals surface area (Å²) in [4.78, 5) is 23.4. The number of aliphatic carboxylic acids is 1. The SMILES string of the molecule is CC(C)CC(=O)N1CC(C(=O)O)C1. The number of carboxylic acids is 1. The van der Waals surface area contributed by atoms with Crippen LogP contribution in [-0.4, -0.2) is 35.0 Å². The second-order valence-corrected chi connectivity index (χ2v) is 3.93. The van der Waals surface area contributed by atoms with E-state index in [9.17, 15) is 9.59 Å². The Morgan fingerprint density at radius 3 is 2.38 bits per heavy atom. The topological polar surface area (TPSA) is 57.6 Å². The molecule has 1 amide bonds. The van der Waals surface area contributed by atoms with E-state index >= 15 is 0 Å². The average molecular weight is 185 g/mol. The summed E-state index contributed by atoms with van der Waals surface area (Å²) < 4.78 is 0. The van der Waals surface area contributed by atoms with Gasteiger partial charge >= 0.3 is 5.97 Å². The van der Waals surface area contributed by atoms with Gasteiger partial charge in [-0.2, -0.15) is 0 Å². The normalized spacial score (nSPS) is 17.3. The summed E-state index contributed by atoms with van der Waals surface area (Å²) >= 11 is 0. The van der Waals surface area contributed by atoms with Crippen LogP contribution in [0.2, 0.25) is 0 Å². The van der Waals surface area contributed by atoms with Gasteiger partial charge in [-0.3, -0.25) is 9.59 Å². The van der Waals surface area contributed by atoms with Crippen molar-refractivity contribution in [3.63, 3.8) is 0 Å². The van der Waals surface area contributed by atoms with Crippen LogP contribution in [0.3, 0.4) is 0 Å². The lowest BCUT2D eigenvalue weighted by Crippen LogP contribution is -2.53. The van der Waals surface area contributed by atoms with E-state index in [1.54, 1.807) is 4.90 Å². The quantitative estimate of drug-likeness (QED) is 0.699. The highest BCUT2D eigenvalue weighted by Gasteiger charge is 2.35. The van der Waals surface area contributed by atoms with E-state index in [0.29, 0.717) is 25.4 Å². The Balaban J connectivity index is 2.27. The second kappa shape index (κ2) is 3.77. The third-order valence-electron chi connectivity index (χ3n) is 2.17. The van der Waals surface area contributed by atoms with E-state index < -0.39 is 5.97 Å². The Hall–Kier alpha value is -1.06. The van der Waals surface area contributed by atoms with Gasteiger partial charge in [0.25, 0.3) is 0 Å². The van der Waals surface area contributed by atoms with Crippen LogP contribution in [0.25, 0.3) is 0 Å². The smallest absolute Gasteiger partial charge is 0.310 e. The van der Waals surface area contributed by atoms with Crippen LogP contribution in [0.1, 0.15) is 20.3 Å². The Kier molecular flexibility index (Phi) is 2.90. The largest absolute Gasteiger partial charge is 0.481 e. The maximum Gasteiger partial charge on any atom is 0.310 e. The lowest BCUT2D eigenvalue weighted by molar-refractivity contribution is -0.153. The van der Waals surface area contributed by atoms with Gasteiger partial charge in [-0.15, -0.1) is 0 Å². The van der Waals surface area contributed by atoms with Crippen LogP contribution in [0, 0.1) is 11.8 Å². The van der Waals surface area contributed by atoms with Crippen molar-refractivity contribution in [1.29, 1.82) is 0 Å². The van der Waals surface area contributed by atoms with Gasteiger partial charge in [-0.1, -0.05) is 13.8 Å². The molecule has 1 heterocycles. The average Bonchev–Trinajstić information content (AvgIpc) is 1.79. The summed E-state index contributed by atoms with van der Waals surface area (Å²) in [5.74, 6) is -0.714. The van der Waals surface area contributed by atoms with Crippen molar-refractivity contribution in [1.82, 2.24) is 4.90 Å². The lowest BCUT2D eigenvalue weighted by atomic mass is 9.99. The molecule has 0 unspecified atom stereocenters. The Morgan fingerprint density at radius 2 is 2.00 bits per heavy atom. The monoisotopic (exact) mass is 185 g/mol. The van der Waals surface area contributed by atoms with E-state index in [4.69, 9.17) is 5.11 Å². The number of carbonyl (C=O) groups is 2.